The molecule has 0 amide bonds. The molecule has 3 rings (SSSR count). The quantitative estimate of drug-likeness (QED) is 0.879. The summed E-state index contributed by atoms with van der Waals surface area (Å²) in [6, 6.07) is 0.612. The molecule has 0 aromatic carbocycles. The third kappa shape index (κ3) is 2.15. The number of hydrogen-bond donors (Lipinski definition) is 2. The SMILES string of the molecule is Cc1nn(CCO)c(C)c1CN[C@@H]1C[C@H]2CC[C@@]1(C)C2(C)C. The largest absolute Gasteiger partial charge is 0.394 e. The third-order valence-corrected chi connectivity index (χ3v) is 7.16. The smallest absolute Gasteiger partial charge is 0.0644 e. The van der Waals surface area contributed by atoms with Gasteiger partial charge in [0.1, 0.15) is 0 Å². The molecular formula is C18H31N3O. The van der Waals surface area contributed by atoms with Crippen LogP contribution in [-0.4, -0.2) is 27.5 Å². The molecule has 1 aromatic rings. The van der Waals surface area contributed by atoms with Crippen LogP contribution in [0.4, 0.5) is 0 Å². The van der Waals surface area contributed by atoms with Crippen LogP contribution < -0.4 is 5.32 Å². The monoisotopic (exact) mass is 305 g/mol. The van der Waals surface area contributed by atoms with Gasteiger partial charge in [0.2, 0.25) is 0 Å². The van der Waals surface area contributed by atoms with E-state index in [0.29, 0.717) is 23.4 Å². The van der Waals surface area contributed by atoms with Crippen molar-refractivity contribution in [2.75, 3.05) is 6.61 Å². The van der Waals surface area contributed by atoms with E-state index in [-0.39, 0.29) is 6.61 Å². The lowest BCUT2D eigenvalue weighted by molar-refractivity contribution is 0.120. The second-order valence-electron chi connectivity index (χ2n) is 8.14. The summed E-state index contributed by atoms with van der Waals surface area (Å²) >= 11 is 0. The molecule has 1 aromatic heterocycles. The molecule has 0 radical (unpaired) electrons. The van der Waals surface area contributed by atoms with Crippen molar-refractivity contribution in [3.63, 3.8) is 0 Å². The van der Waals surface area contributed by atoms with E-state index in [4.69, 9.17) is 5.11 Å². The van der Waals surface area contributed by atoms with E-state index in [2.05, 4.69) is 45.0 Å². The Morgan fingerprint density at radius 3 is 2.59 bits per heavy atom. The second kappa shape index (κ2) is 5.34. The van der Waals surface area contributed by atoms with Gasteiger partial charge in [0.05, 0.1) is 18.8 Å². The van der Waals surface area contributed by atoms with Gasteiger partial charge in [-0.25, -0.2) is 0 Å². The topological polar surface area (TPSA) is 50.1 Å². The highest BCUT2D eigenvalue weighted by Gasteiger charge is 2.60. The molecule has 0 saturated heterocycles. The van der Waals surface area contributed by atoms with Gasteiger partial charge in [0.25, 0.3) is 0 Å². The van der Waals surface area contributed by atoms with E-state index in [1.807, 2.05) is 4.68 Å². The zero-order valence-corrected chi connectivity index (χ0v) is 14.7. The molecule has 124 valence electrons. The summed E-state index contributed by atoms with van der Waals surface area (Å²) in [5.41, 5.74) is 4.45. The van der Waals surface area contributed by atoms with Gasteiger partial charge in [0.15, 0.2) is 0 Å². The maximum Gasteiger partial charge on any atom is 0.0644 e. The number of aromatic nitrogens is 2. The molecule has 0 aliphatic heterocycles. The lowest BCUT2D eigenvalue weighted by Crippen LogP contribution is -2.44. The number of aryl methyl sites for hydroxylation is 1. The van der Waals surface area contributed by atoms with Crippen molar-refractivity contribution in [1.82, 2.24) is 15.1 Å². The number of fused-ring (bicyclic) bond motifs is 2. The zero-order valence-electron chi connectivity index (χ0n) is 14.7. The first kappa shape index (κ1) is 16.0. The van der Waals surface area contributed by atoms with E-state index >= 15 is 0 Å². The fraction of sp³-hybridized carbons (Fsp3) is 0.833. The average molecular weight is 305 g/mol. The summed E-state index contributed by atoms with van der Waals surface area (Å²) in [6.45, 7) is 13.2. The highest BCUT2D eigenvalue weighted by Crippen LogP contribution is 2.65. The molecule has 2 N–H and O–H groups in total. The molecular weight excluding hydrogens is 274 g/mol. The molecule has 2 aliphatic carbocycles. The molecule has 2 saturated carbocycles. The summed E-state index contributed by atoms with van der Waals surface area (Å²) in [6.07, 6.45) is 4.06. The Morgan fingerprint density at radius 2 is 2.05 bits per heavy atom. The molecule has 22 heavy (non-hydrogen) atoms. The predicted molar refractivity (Wildman–Crippen MR) is 88.6 cm³/mol. The minimum Gasteiger partial charge on any atom is -0.394 e. The van der Waals surface area contributed by atoms with Crippen LogP contribution in [0.15, 0.2) is 0 Å². The van der Waals surface area contributed by atoms with Gasteiger partial charge >= 0.3 is 0 Å². The van der Waals surface area contributed by atoms with Crippen LogP contribution in [0.3, 0.4) is 0 Å². The van der Waals surface area contributed by atoms with Crippen molar-refractivity contribution in [2.24, 2.45) is 16.7 Å². The molecule has 0 unspecified atom stereocenters. The lowest BCUT2D eigenvalue weighted by Gasteiger charge is -2.39. The van der Waals surface area contributed by atoms with Crippen molar-refractivity contribution in [2.45, 2.75) is 73.0 Å². The summed E-state index contributed by atoms with van der Waals surface area (Å²) in [7, 11) is 0. The predicted octanol–water partition coefficient (Wildman–Crippen LogP) is 2.80. The van der Waals surface area contributed by atoms with Gasteiger partial charge in [-0.2, -0.15) is 5.10 Å². The zero-order chi connectivity index (χ0) is 16.1. The van der Waals surface area contributed by atoms with Gasteiger partial charge in [0, 0.05) is 23.8 Å². The Kier molecular flexibility index (Phi) is 3.89. The lowest BCUT2D eigenvalue weighted by atomic mass is 9.69. The first-order chi connectivity index (χ1) is 10.3. The van der Waals surface area contributed by atoms with Crippen LogP contribution in [-0.2, 0) is 13.1 Å². The van der Waals surface area contributed by atoms with E-state index in [1.165, 1.54) is 30.5 Å². The van der Waals surface area contributed by atoms with Crippen LogP contribution in [0.1, 0.15) is 57.0 Å². The normalized spacial score (nSPS) is 32.8. The fourth-order valence-corrected chi connectivity index (χ4v) is 5.04. The first-order valence-corrected chi connectivity index (χ1v) is 8.68. The standard InChI is InChI=1S/C18H31N3O/c1-12-15(13(2)21(20-12)8-9-22)11-19-16-10-14-6-7-18(16,5)17(14,3)4/h14,16,19,22H,6-11H2,1-5H3/t14-,16-,18-/m1/s1. The summed E-state index contributed by atoms with van der Waals surface area (Å²) < 4.78 is 1.93. The minimum absolute atomic E-state index is 0.144. The van der Waals surface area contributed by atoms with Crippen molar-refractivity contribution in [3.05, 3.63) is 17.0 Å². The minimum atomic E-state index is 0.144. The summed E-state index contributed by atoms with van der Waals surface area (Å²) in [5, 5.41) is 17.5. The van der Waals surface area contributed by atoms with E-state index < -0.39 is 0 Å². The second-order valence-corrected chi connectivity index (χ2v) is 8.14. The molecule has 0 spiro atoms. The van der Waals surface area contributed by atoms with Crippen LogP contribution in [0.5, 0.6) is 0 Å². The Labute approximate surface area is 134 Å². The number of nitrogens with one attached hydrogen (secondary N) is 1. The molecule has 1 heterocycles. The molecule has 4 heteroatoms. The molecule has 3 atom stereocenters. The highest BCUT2D eigenvalue weighted by atomic mass is 16.3. The maximum atomic E-state index is 9.13. The highest BCUT2D eigenvalue weighted by molar-refractivity contribution is 5.25. The summed E-state index contributed by atoms with van der Waals surface area (Å²) in [5.74, 6) is 0.870. The molecule has 4 nitrogen and oxygen atoms in total. The first-order valence-electron chi connectivity index (χ1n) is 8.68. The molecule has 2 bridgehead atoms. The molecule has 2 aliphatic rings. The van der Waals surface area contributed by atoms with Crippen LogP contribution in [0, 0.1) is 30.6 Å². The number of rotatable bonds is 5. The van der Waals surface area contributed by atoms with Crippen molar-refractivity contribution in [3.8, 4) is 0 Å². The Balaban J connectivity index is 1.72. The van der Waals surface area contributed by atoms with Gasteiger partial charge < -0.3 is 10.4 Å². The number of hydrogen-bond acceptors (Lipinski definition) is 3. The fourth-order valence-electron chi connectivity index (χ4n) is 5.04. The van der Waals surface area contributed by atoms with E-state index in [1.54, 1.807) is 0 Å². The van der Waals surface area contributed by atoms with Gasteiger partial charge in [-0.3, -0.25) is 4.68 Å². The summed E-state index contributed by atoms with van der Waals surface area (Å²) in [4.78, 5) is 0. The van der Waals surface area contributed by atoms with Gasteiger partial charge in [-0.15, -0.1) is 0 Å². The number of aliphatic hydroxyl groups is 1. The maximum absolute atomic E-state index is 9.13. The van der Waals surface area contributed by atoms with E-state index in [9.17, 15) is 0 Å². The molecule has 2 fully saturated rings. The van der Waals surface area contributed by atoms with Gasteiger partial charge in [-0.05, 0) is 49.9 Å². The third-order valence-electron chi connectivity index (χ3n) is 7.16. The Morgan fingerprint density at radius 1 is 1.32 bits per heavy atom. The number of nitrogens with zero attached hydrogens (tertiary/aromatic N) is 2. The van der Waals surface area contributed by atoms with Crippen LogP contribution in [0.2, 0.25) is 0 Å². The van der Waals surface area contributed by atoms with Crippen molar-refractivity contribution < 1.29 is 5.11 Å². The Bertz CT molecular complexity index is 563. The van der Waals surface area contributed by atoms with Gasteiger partial charge in [-0.1, -0.05) is 20.8 Å². The van der Waals surface area contributed by atoms with Crippen molar-refractivity contribution >= 4 is 0 Å². The van der Waals surface area contributed by atoms with Crippen LogP contribution in [0.25, 0.3) is 0 Å². The number of aliphatic hydroxyl groups excluding tert-OH is 1. The Hall–Kier alpha value is -0.870. The van der Waals surface area contributed by atoms with Crippen molar-refractivity contribution in [1.29, 1.82) is 0 Å². The van der Waals surface area contributed by atoms with Crippen LogP contribution >= 0.6 is 0 Å². The van der Waals surface area contributed by atoms with E-state index in [0.717, 1.165) is 18.2 Å². The average Bonchev–Trinajstić information content (AvgIpc) is 2.92.